The second-order valence-electron chi connectivity index (χ2n) is 15.9. The number of carbonyl (C=O) groups is 3. The maximum absolute atomic E-state index is 16.2. The van der Waals surface area contributed by atoms with Gasteiger partial charge in [-0.05, 0) is 74.3 Å². The number of benzene rings is 1. The second-order valence-corrected chi connectivity index (χ2v) is 15.9. The molecule has 284 valence electrons. The highest BCUT2D eigenvalue weighted by molar-refractivity contribution is 6.01. The van der Waals surface area contributed by atoms with E-state index < -0.39 is 5.67 Å². The molecule has 1 atom stereocenters. The summed E-state index contributed by atoms with van der Waals surface area (Å²) >= 11 is 0. The number of hydrogen-bond acceptors (Lipinski definition) is 9. The predicted octanol–water partition coefficient (Wildman–Crippen LogP) is 5.92. The molecule has 3 amide bonds. The molecule has 8 rings (SSSR count). The van der Waals surface area contributed by atoms with Crippen LogP contribution in [0.25, 0.3) is 11.0 Å². The topological polar surface area (TPSA) is 129 Å². The molecule has 3 aromatic heterocycles. The molecule has 4 aliphatic rings. The summed E-state index contributed by atoms with van der Waals surface area (Å²) in [6.45, 7) is 3.30. The molecule has 4 fully saturated rings. The van der Waals surface area contributed by atoms with Crippen molar-refractivity contribution in [2.24, 2.45) is 0 Å². The summed E-state index contributed by atoms with van der Waals surface area (Å²) in [7, 11) is 3.55. The lowest BCUT2D eigenvalue weighted by Gasteiger charge is -2.44. The first kappa shape index (κ1) is 36.1. The van der Waals surface area contributed by atoms with E-state index in [-0.39, 0.29) is 29.7 Å². The van der Waals surface area contributed by atoms with E-state index >= 15 is 4.39 Å². The Kier molecular flexibility index (Phi) is 10.1. The molecule has 1 aromatic carbocycles. The number of rotatable bonds is 9. The summed E-state index contributed by atoms with van der Waals surface area (Å²) in [5.41, 5.74) is 2.99. The van der Waals surface area contributed by atoms with Gasteiger partial charge in [-0.2, -0.15) is 4.98 Å². The quantitative estimate of drug-likeness (QED) is 0.201. The standard InChI is InChI=1S/C41H50FN9O3/c1-48(2)39(54)34-23-29-25-44-40(47-37(29)51(34)31-8-3-4-9-31)45-35-12-10-32(26-43-35)49-18-14-30(15-19-49)50-20-16-41(42,17-21-50)24-27-6-5-7-28(22-27)33-11-13-36(52)46-38(33)53/h5-7,10,12,22-23,25-26,30-31,33H,3-4,8-9,11,13-21,24H2,1-2H3,(H,46,52,53)(H,43,44,45,47). The fraction of sp³-hybridized carbons (Fsp3) is 0.512. The minimum atomic E-state index is -1.27. The van der Waals surface area contributed by atoms with Crippen molar-refractivity contribution in [3.05, 3.63) is 71.7 Å². The van der Waals surface area contributed by atoms with Crippen LogP contribution in [-0.2, 0) is 16.0 Å². The van der Waals surface area contributed by atoms with Gasteiger partial charge in [-0.3, -0.25) is 19.7 Å². The van der Waals surface area contributed by atoms with Crippen molar-refractivity contribution in [1.82, 2.24) is 34.6 Å². The molecule has 1 aliphatic carbocycles. The van der Waals surface area contributed by atoms with Crippen LogP contribution in [0.2, 0.25) is 0 Å². The van der Waals surface area contributed by atoms with E-state index in [0.29, 0.717) is 55.6 Å². The predicted molar refractivity (Wildman–Crippen MR) is 206 cm³/mol. The van der Waals surface area contributed by atoms with Crippen LogP contribution in [0.3, 0.4) is 0 Å². The lowest BCUT2D eigenvalue weighted by Crippen LogP contribution is -2.51. The van der Waals surface area contributed by atoms with Crippen LogP contribution in [-0.4, -0.2) is 99.0 Å². The van der Waals surface area contributed by atoms with E-state index in [1.54, 1.807) is 25.2 Å². The number of nitrogens with one attached hydrogen (secondary N) is 2. The van der Waals surface area contributed by atoms with Crippen molar-refractivity contribution in [2.75, 3.05) is 50.5 Å². The van der Waals surface area contributed by atoms with Gasteiger partial charge in [-0.1, -0.05) is 37.1 Å². The average Bonchev–Trinajstić information content (AvgIpc) is 3.83. The first-order chi connectivity index (χ1) is 26.1. The molecule has 13 heteroatoms. The monoisotopic (exact) mass is 735 g/mol. The molecule has 4 aromatic rings. The van der Waals surface area contributed by atoms with E-state index in [1.807, 2.05) is 42.6 Å². The molecule has 2 N–H and O–H groups in total. The minimum Gasteiger partial charge on any atom is -0.370 e. The van der Waals surface area contributed by atoms with Gasteiger partial charge < -0.3 is 24.6 Å². The Labute approximate surface area is 315 Å². The number of halogens is 1. The lowest BCUT2D eigenvalue weighted by atomic mass is 9.84. The van der Waals surface area contributed by atoms with E-state index in [4.69, 9.17) is 9.97 Å². The highest BCUT2D eigenvalue weighted by Crippen LogP contribution is 2.36. The number of carbonyl (C=O) groups excluding carboxylic acids is 3. The number of fused-ring (bicyclic) bond motifs is 1. The summed E-state index contributed by atoms with van der Waals surface area (Å²) in [5, 5.41) is 6.56. The maximum Gasteiger partial charge on any atom is 0.270 e. The first-order valence-corrected chi connectivity index (χ1v) is 19.6. The van der Waals surface area contributed by atoms with Crippen LogP contribution in [0.4, 0.5) is 21.8 Å². The number of likely N-dealkylation sites (tertiary alicyclic amines) is 1. The van der Waals surface area contributed by atoms with Gasteiger partial charge in [0.15, 0.2) is 0 Å². The molecule has 6 heterocycles. The lowest BCUT2D eigenvalue weighted by molar-refractivity contribution is -0.134. The number of aromatic nitrogens is 4. The van der Waals surface area contributed by atoms with Crippen molar-refractivity contribution >= 4 is 46.2 Å². The molecule has 0 spiro atoms. The zero-order chi connectivity index (χ0) is 37.4. The van der Waals surface area contributed by atoms with Crippen LogP contribution in [0.15, 0.2) is 54.9 Å². The Morgan fingerprint density at radius 1 is 0.944 bits per heavy atom. The third-order valence-corrected chi connectivity index (χ3v) is 12.0. The van der Waals surface area contributed by atoms with E-state index in [0.717, 1.165) is 92.6 Å². The normalized spacial score (nSPS) is 21.4. The summed E-state index contributed by atoms with van der Waals surface area (Å²) in [4.78, 5) is 57.6. The molecule has 0 radical (unpaired) electrons. The van der Waals surface area contributed by atoms with Crippen LogP contribution in [0.1, 0.15) is 97.8 Å². The van der Waals surface area contributed by atoms with Crippen molar-refractivity contribution < 1.29 is 18.8 Å². The minimum absolute atomic E-state index is 0.0306. The molecule has 3 saturated heterocycles. The smallest absolute Gasteiger partial charge is 0.270 e. The number of anilines is 3. The highest BCUT2D eigenvalue weighted by atomic mass is 19.1. The third kappa shape index (κ3) is 7.55. The van der Waals surface area contributed by atoms with Crippen LogP contribution >= 0.6 is 0 Å². The number of hydrogen-bond donors (Lipinski definition) is 2. The molecule has 1 saturated carbocycles. The Balaban J connectivity index is 0.841. The van der Waals surface area contributed by atoms with Crippen molar-refractivity contribution in [2.45, 2.75) is 94.3 Å². The SMILES string of the molecule is CN(C)C(=O)c1cc2cnc(Nc3ccc(N4CCC(N5CCC(F)(Cc6cccc(C7CCC(=O)NC7=O)c6)CC5)CC4)cn3)nc2n1C1CCCC1. The summed E-state index contributed by atoms with van der Waals surface area (Å²) in [6, 6.07) is 14.3. The Hall–Kier alpha value is -4.91. The molecule has 12 nitrogen and oxygen atoms in total. The highest BCUT2D eigenvalue weighted by Gasteiger charge is 2.38. The van der Waals surface area contributed by atoms with Gasteiger partial charge in [0.05, 0.1) is 17.8 Å². The van der Waals surface area contributed by atoms with Gasteiger partial charge in [-0.25, -0.2) is 14.4 Å². The zero-order valence-corrected chi connectivity index (χ0v) is 31.3. The maximum atomic E-state index is 16.2. The van der Waals surface area contributed by atoms with E-state index in [9.17, 15) is 14.4 Å². The number of nitrogens with zero attached hydrogens (tertiary/aromatic N) is 7. The molecular formula is C41H50FN9O3. The first-order valence-electron chi connectivity index (χ1n) is 19.6. The molecule has 1 unspecified atom stereocenters. The van der Waals surface area contributed by atoms with Gasteiger partial charge in [0.1, 0.15) is 22.8 Å². The van der Waals surface area contributed by atoms with Crippen LogP contribution in [0.5, 0.6) is 0 Å². The number of amides is 3. The second kappa shape index (κ2) is 15.1. The van der Waals surface area contributed by atoms with Gasteiger partial charge >= 0.3 is 0 Å². The zero-order valence-electron chi connectivity index (χ0n) is 31.3. The van der Waals surface area contributed by atoms with Gasteiger partial charge in [0, 0.05) is 76.8 Å². The average molecular weight is 736 g/mol. The summed E-state index contributed by atoms with van der Waals surface area (Å²) in [6.07, 6.45) is 12.2. The molecule has 3 aliphatic heterocycles. The Morgan fingerprint density at radius 3 is 2.43 bits per heavy atom. The van der Waals surface area contributed by atoms with E-state index in [1.165, 1.54) is 0 Å². The van der Waals surface area contributed by atoms with Gasteiger partial charge in [0.2, 0.25) is 17.8 Å². The fourth-order valence-corrected chi connectivity index (χ4v) is 9.01. The van der Waals surface area contributed by atoms with Gasteiger partial charge in [-0.15, -0.1) is 0 Å². The summed E-state index contributed by atoms with van der Waals surface area (Å²) < 4.78 is 18.3. The third-order valence-electron chi connectivity index (χ3n) is 12.0. The molecule has 0 bridgehead atoms. The molecule has 54 heavy (non-hydrogen) atoms. The Morgan fingerprint density at radius 2 is 1.72 bits per heavy atom. The summed E-state index contributed by atoms with van der Waals surface area (Å²) in [5.74, 6) is 0.226. The van der Waals surface area contributed by atoms with Crippen molar-refractivity contribution in [3.63, 3.8) is 0 Å². The number of alkyl halides is 1. The largest absolute Gasteiger partial charge is 0.370 e. The number of imide groups is 1. The van der Waals surface area contributed by atoms with Crippen molar-refractivity contribution in [1.29, 1.82) is 0 Å². The fourth-order valence-electron chi connectivity index (χ4n) is 9.01. The van der Waals surface area contributed by atoms with Gasteiger partial charge in [0.25, 0.3) is 5.91 Å². The molecular weight excluding hydrogens is 686 g/mol. The van der Waals surface area contributed by atoms with Crippen LogP contribution < -0.4 is 15.5 Å². The number of pyridine rings is 1. The Bertz CT molecular complexity index is 2010. The van der Waals surface area contributed by atoms with Crippen molar-refractivity contribution in [3.8, 4) is 0 Å². The number of piperidine rings is 3. The van der Waals surface area contributed by atoms with Crippen LogP contribution in [0, 0.1) is 0 Å². The van der Waals surface area contributed by atoms with E-state index in [2.05, 4.69) is 36.1 Å².